The predicted molar refractivity (Wildman–Crippen MR) is 91.1 cm³/mol. The van der Waals surface area contributed by atoms with Gasteiger partial charge in [-0.05, 0) is 48.5 Å². The Morgan fingerprint density at radius 2 is 1.83 bits per heavy atom. The number of hydrogen-bond acceptors (Lipinski definition) is 4. The quantitative estimate of drug-likeness (QED) is 0.743. The molecule has 0 fully saturated rings. The molecule has 3 aromatic rings. The van der Waals surface area contributed by atoms with Crippen LogP contribution in [0.25, 0.3) is 0 Å². The molecule has 1 heterocycles. The summed E-state index contributed by atoms with van der Waals surface area (Å²) >= 11 is 5.92. The minimum absolute atomic E-state index is 0.179. The number of hydrogen-bond donors (Lipinski definition) is 2. The molecule has 0 aliphatic heterocycles. The second kappa shape index (κ2) is 7.06. The molecule has 0 saturated carbocycles. The molecule has 0 bridgehead atoms. The Morgan fingerprint density at radius 3 is 2.58 bits per heavy atom. The van der Waals surface area contributed by atoms with Crippen molar-refractivity contribution in [2.75, 3.05) is 10.6 Å². The van der Waals surface area contributed by atoms with E-state index in [9.17, 15) is 9.18 Å². The van der Waals surface area contributed by atoms with Gasteiger partial charge in [0.15, 0.2) is 0 Å². The standard InChI is InChI=1S/C17H12ClFN4O/c18-11-2-1-3-14(10-11)22-17-20-9-8-15(23-17)16(24)21-13-6-4-12(19)5-7-13/h1-10H,(H,21,24)(H,20,22,23). The molecule has 0 aliphatic rings. The van der Waals surface area contributed by atoms with Crippen molar-refractivity contribution >= 4 is 34.8 Å². The van der Waals surface area contributed by atoms with Gasteiger partial charge in [-0.25, -0.2) is 14.4 Å². The number of nitrogens with zero attached hydrogens (tertiary/aromatic N) is 2. The molecule has 0 saturated heterocycles. The topological polar surface area (TPSA) is 66.9 Å². The highest BCUT2D eigenvalue weighted by Gasteiger charge is 2.09. The number of halogens is 2. The van der Waals surface area contributed by atoms with Gasteiger partial charge < -0.3 is 10.6 Å². The minimum atomic E-state index is -0.418. The lowest BCUT2D eigenvalue weighted by molar-refractivity contribution is 0.102. The molecule has 0 aliphatic carbocycles. The molecule has 0 spiro atoms. The molecular weight excluding hydrogens is 331 g/mol. The summed E-state index contributed by atoms with van der Waals surface area (Å²) in [6, 6.07) is 14.0. The molecule has 5 nitrogen and oxygen atoms in total. The predicted octanol–water partition coefficient (Wildman–Crippen LogP) is 4.27. The maximum Gasteiger partial charge on any atom is 0.274 e. The lowest BCUT2D eigenvalue weighted by Crippen LogP contribution is -2.14. The van der Waals surface area contributed by atoms with Crippen LogP contribution in [0.2, 0.25) is 5.02 Å². The van der Waals surface area contributed by atoms with Crippen molar-refractivity contribution in [3.05, 3.63) is 77.3 Å². The summed E-state index contributed by atoms with van der Waals surface area (Å²) in [4.78, 5) is 20.4. The summed E-state index contributed by atoms with van der Waals surface area (Å²) in [7, 11) is 0. The first-order valence-corrected chi connectivity index (χ1v) is 7.40. The van der Waals surface area contributed by atoms with Crippen molar-refractivity contribution in [2.45, 2.75) is 0 Å². The van der Waals surface area contributed by atoms with Crippen molar-refractivity contribution in [3.63, 3.8) is 0 Å². The number of carbonyl (C=O) groups is 1. The van der Waals surface area contributed by atoms with Crippen molar-refractivity contribution in [2.24, 2.45) is 0 Å². The Balaban J connectivity index is 1.74. The van der Waals surface area contributed by atoms with E-state index in [1.165, 1.54) is 36.5 Å². The molecule has 7 heteroatoms. The SMILES string of the molecule is O=C(Nc1ccc(F)cc1)c1ccnc(Nc2cccc(Cl)c2)n1. The molecular formula is C17H12ClFN4O. The van der Waals surface area contributed by atoms with Gasteiger partial charge in [0.2, 0.25) is 5.95 Å². The Bertz CT molecular complexity index is 870. The zero-order chi connectivity index (χ0) is 16.9. The van der Waals surface area contributed by atoms with Crippen LogP contribution in [0.1, 0.15) is 10.5 Å². The third-order valence-corrected chi connectivity index (χ3v) is 3.31. The Hall–Kier alpha value is -2.99. The van der Waals surface area contributed by atoms with E-state index in [0.717, 1.165) is 0 Å². The van der Waals surface area contributed by atoms with Crippen LogP contribution in [0.3, 0.4) is 0 Å². The number of anilines is 3. The smallest absolute Gasteiger partial charge is 0.274 e. The molecule has 0 atom stereocenters. The van der Waals surface area contributed by atoms with Crippen molar-refractivity contribution in [1.82, 2.24) is 9.97 Å². The monoisotopic (exact) mass is 342 g/mol. The van der Waals surface area contributed by atoms with E-state index in [4.69, 9.17) is 11.6 Å². The van der Waals surface area contributed by atoms with Crippen LogP contribution in [0.4, 0.5) is 21.7 Å². The fourth-order valence-corrected chi connectivity index (χ4v) is 2.16. The molecule has 0 radical (unpaired) electrons. The summed E-state index contributed by atoms with van der Waals surface area (Å²) < 4.78 is 12.9. The normalized spacial score (nSPS) is 10.2. The molecule has 120 valence electrons. The number of amides is 1. The van der Waals surface area contributed by atoms with Gasteiger partial charge in [-0.1, -0.05) is 17.7 Å². The zero-order valence-electron chi connectivity index (χ0n) is 12.3. The largest absolute Gasteiger partial charge is 0.324 e. The molecule has 1 aromatic heterocycles. The highest BCUT2D eigenvalue weighted by Crippen LogP contribution is 2.18. The van der Waals surface area contributed by atoms with Crippen LogP contribution in [0, 0.1) is 5.82 Å². The Labute approximate surface area is 142 Å². The van der Waals surface area contributed by atoms with Crippen molar-refractivity contribution in [1.29, 1.82) is 0 Å². The van der Waals surface area contributed by atoms with E-state index in [2.05, 4.69) is 20.6 Å². The number of benzene rings is 2. The van der Waals surface area contributed by atoms with Gasteiger partial charge in [0.1, 0.15) is 11.5 Å². The zero-order valence-corrected chi connectivity index (χ0v) is 13.1. The van der Waals surface area contributed by atoms with Gasteiger partial charge in [0, 0.05) is 22.6 Å². The van der Waals surface area contributed by atoms with Crippen molar-refractivity contribution in [3.8, 4) is 0 Å². The highest BCUT2D eigenvalue weighted by atomic mass is 35.5. The van der Waals surface area contributed by atoms with Crippen LogP contribution in [0.15, 0.2) is 60.8 Å². The van der Waals surface area contributed by atoms with Crippen molar-refractivity contribution < 1.29 is 9.18 Å². The lowest BCUT2D eigenvalue weighted by atomic mass is 10.3. The molecule has 24 heavy (non-hydrogen) atoms. The van der Waals surface area contributed by atoms with Gasteiger partial charge in [-0.2, -0.15) is 0 Å². The van der Waals surface area contributed by atoms with Crippen LogP contribution in [-0.2, 0) is 0 Å². The van der Waals surface area contributed by atoms with Crippen LogP contribution >= 0.6 is 11.6 Å². The fourth-order valence-electron chi connectivity index (χ4n) is 1.97. The molecule has 2 aromatic carbocycles. The number of carbonyl (C=O) groups excluding carboxylic acids is 1. The first-order valence-electron chi connectivity index (χ1n) is 7.03. The van der Waals surface area contributed by atoms with E-state index in [1.807, 2.05) is 0 Å². The highest BCUT2D eigenvalue weighted by molar-refractivity contribution is 6.30. The summed E-state index contributed by atoms with van der Waals surface area (Å²) in [6.07, 6.45) is 1.47. The average molecular weight is 343 g/mol. The van der Waals surface area contributed by atoms with Gasteiger partial charge in [0.05, 0.1) is 0 Å². The third kappa shape index (κ3) is 4.05. The van der Waals surface area contributed by atoms with Crippen LogP contribution in [0.5, 0.6) is 0 Å². The molecule has 0 unspecified atom stereocenters. The average Bonchev–Trinajstić information content (AvgIpc) is 2.57. The molecule has 3 rings (SSSR count). The van der Waals surface area contributed by atoms with E-state index in [-0.39, 0.29) is 17.5 Å². The summed E-state index contributed by atoms with van der Waals surface area (Å²) in [5.41, 5.74) is 1.36. The van der Waals surface area contributed by atoms with E-state index >= 15 is 0 Å². The first-order chi connectivity index (χ1) is 11.6. The van der Waals surface area contributed by atoms with Gasteiger partial charge in [0.25, 0.3) is 5.91 Å². The Morgan fingerprint density at radius 1 is 1.04 bits per heavy atom. The van der Waals surface area contributed by atoms with Crippen LogP contribution in [-0.4, -0.2) is 15.9 Å². The fraction of sp³-hybridized carbons (Fsp3) is 0. The number of nitrogens with one attached hydrogen (secondary N) is 2. The van der Waals surface area contributed by atoms with Gasteiger partial charge in [-0.15, -0.1) is 0 Å². The van der Waals surface area contributed by atoms with E-state index in [1.54, 1.807) is 24.3 Å². The molecule has 1 amide bonds. The Kier molecular flexibility index (Phi) is 4.67. The van der Waals surface area contributed by atoms with Gasteiger partial charge >= 0.3 is 0 Å². The second-order valence-corrected chi connectivity index (χ2v) is 5.30. The maximum absolute atomic E-state index is 12.9. The summed E-state index contributed by atoms with van der Waals surface area (Å²) in [5, 5.41) is 6.19. The summed E-state index contributed by atoms with van der Waals surface area (Å²) in [6.45, 7) is 0. The minimum Gasteiger partial charge on any atom is -0.324 e. The molecule has 2 N–H and O–H groups in total. The summed E-state index contributed by atoms with van der Waals surface area (Å²) in [5.74, 6) is -0.523. The third-order valence-electron chi connectivity index (χ3n) is 3.07. The number of aromatic nitrogens is 2. The van der Waals surface area contributed by atoms with Crippen LogP contribution < -0.4 is 10.6 Å². The number of rotatable bonds is 4. The maximum atomic E-state index is 12.9. The van der Waals surface area contributed by atoms with Gasteiger partial charge in [-0.3, -0.25) is 4.79 Å². The van der Waals surface area contributed by atoms with E-state index in [0.29, 0.717) is 16.4 Å². The first kappa shape index (κ1) is 15.9. The second-order valence-electron chi connectivity index (χ2n) is 4.86. The van der Waals surface area contributed by atoms with E-state index < -0.39 is 5.91 Å². The lowest BCUT2D eigenvalue weighted by Gasteiger charge is -2.07.